The van der Waals surface area contributed by atoms with Crippen molar-refractivity contribution < 1.29 is 4.92 Å². The molecular formula is C12H10N6O2. The Labute approximate surface area is 113 Å². The molecule has 100 valence electrons. The first-order valence-corrected chi connectivity index (χ1v) is 5.82. The number of hydrogen-bond acceptors (Lipinski definition) is 6. The largest absolute Gasteiger partial charge is 0.357 e. The number of benzene rings is 1. The van der Waals surface area contributed by atoms with Crippen LogP contribution in [0.25, 0.3) is 16.9 Å². The van der Waals surface area contributed by atoms with Gasteiger partial charge in [-0.25, -0.2) is 9.97 Å². The third-order valence-electron chi connectivity index (χ3n) is 2.85. The van der Waals surface area contributed by atoms with Gasteiger partial charge in [0.15, 0.2) is 0 Å². The molecule has 2 aromatic heterocycles. The lowest BCUT2D eigenvalue weighted by Gasteiger charge is -2.06. The monoisotopic (exact) mass is 270 g/mol. The highest BCUT2D eigenvalue weighted by Gasteiger charge is 2.20. The van der Waals surface area contributed by atoms with Crippen molar-refractivity contribution in [2.75, 3.05) is 12.4 Å². The van der Waals surface area contributed by atoms with Crippen molar-refractivity contribution in [1.82, 2.24) is 19.5 Å². The van der Waals surface area contributed by atoms with Gasteiger partial charge >= 0.3 is 5.69 Å². The van der Waals surface area contributed by atoms with Gasteiger partial charge in [0, 0.05) is 7.05 Å². The molecule has 0 saturated heterocycles. The number of imidazole rings is 1. The van der Waals surface area contributed by atoms with Crippen molar-refractivity contribution in [2.24, 2.45) is 0 Å². The SMILES string of the molecule is CNc1ncc([N+](=O)[O-])c(-n2cnc3ccccc32)n1. The molecule has 8 nitrogen and oxygen atoms in total. The van der Waals surface area contributed by atoms with Crippen molar-refractivity contribution in [2.45, 2.75) is 0 Å². The summed E-state index contributed by atoms with van der Waals surface area (Å²) in [6, 6.07) is 7.35. The summed E-state index contributed by atoms with van der Waals surface area (Å²) < 4.78 is 1.58. The quantitative estimate of drug-likeness (QED) is 0.575. The number of anilines is 1. The van der Waals surface area contributed by atoms with E-state index in [1.807, 2.05) is 24.3 Å². The molecule has 0 atom stereocenters. The molecule has 20 heavy (non-hydrogen) atoms. The Kier molecular flexibility index (Phi) is 2.75. The van der Waals surface area contributed by atoms with E-state index in [2.05, 4.69) is 20.3 Å². The van der Waals surface area contributed by atoms with E-state index in [0.717, 1.165) is 11.0 Å². The average Bonchev–Trinajstić information content (AvgIpc) is 2.90. The zero-order valence-corrected chi connectivity index (χ0v) is 10.5. The molecule has 0 unspecified atom stereocenters. The molecule has 1 aromatic carbocycles. The minimum absolute atomic E-state index is 0.174. The second kappa shape index (κ2) is 4.57. The third kappa shape index (κ3) is 1.83. The minimum Gasteiger partial charge on any atom is -0.357 e. The summed E-state index contributed by atoms with van der Waals surface area (Å²) in [5, 5.41) is 13.9. The molecular weight excluding hydrogens is 260 g/mol. The van der Waals surface area contributed by atoms with Gasteiger partial charge in [0.05, 0.1) is 16.0 Å². The maximum Gasteiger partial charge on any atom is 0.330 e. The lowest BCUT2D eigenvalue weighted by molar-refractivity contribution is -0.385. The number of nitrogens with zero attached hydrogens (tertiary/aromatic N) is 5. The van der Waals surface area contributed by atoms with Gasteiger partial charge in [0.1, 0.15) is 12.5 Å². The first-order valence-electron chi connectivity index (χ1n) is 5.82. The number of fused-ring (bicyclic) bond motifs is 1. The normalized spacial score (nSPS) is 10.7. The fourth-order valence-electron chi connectivity index (χ4n) is 1.92. The molecule has 0 bridgehead atoms. The van der Waals surface area contributed by atoms with Crippen molar-refractivity contribution in [3.05, 3.63) is 46.9 Å². The Morgan fingerprint density at radius 1 is 1.30 bits per heavy atom. The molecule has 0 amide bonds. The lowest BCUT2D eigenvalue weighted by atomic mass is 10.3. The van der Waals surface area contributed by atoms with Gasteiger partial charge < -0.3 is 5.32 Å². The van der Waals surface area contributed by atoms with Gasteiger partial charge in [0.2, 0.25) is 11.8 Å². The maximum absolute atomic E-state index is 11.1. The zero-order chi connectivity index (χ0) is 14.1. The lowest BCUT2D eigenvalue weighted by Crippen LogP contribution is -2.06. The van der Waals surface area contributed by atoms with Crippen LogP contribution in [0, 0.1) is 10.1 Å². The number of nitrogens with one attached hydrogen (secondary N) is 1. The zero-order valence-electron chi connectivity index (χ0n) is 10.5. The van der Waals surface area contributed by atoms with Gasteiger partial charge in [-0.1, -0.05) is 12.1 Å². The van der Waals surface area contributed by atoms with E-state index in [0.29, 0.717) is 5.95 Å². The second-order valence-electron chi connectivity index (χ2n) is 4.01. The van der Waals surface area contributed by atoms with Crippen molar-refractivity contribution in [3.63, 3.8) is 0 Å². The predicted octanol–water partition coefficient (Wildman–Crippen LogP) is 1.77. The molecule has 0 aliphatic heterocycles. The summed E-state index contributed by atoms with van der Waals surface area (Å²) in [6.07, 6.45) is 2.70. The highest BCUT2D eigenvalue weighted by atomic mass is 16.6. The van der Waals surface area contributed by atoms with E-state index < -0.39 is 4.92 Å². The maximum atomic E-state index is 11.1. The van der Waals surface area contributed by atoms with E-state index in [-0.39, 0.29) is 11.5 Å². The summed E-state index contributed by atoms with van der Waals surface area (Å²) in [7, 11) is 1.65. The van der Waals surface area contributed by atoms with Gasteiger partial charge in [-0.05, 0) is 12.1 Å². The fraction of sp³-hybridized carbons (Fsp3) is 0.0833. The summed E-state index contributed by atoms with van der Waals surface area (Å²) in [5.41, 5.74) is 1.31. The van der Waals surface area contributed by atoms with Crippen LogP contribution in [0.3, 0.4) is 0 Å². The highest BCUT2D eigenvalue weighted by Crippen LogP contribution is 2.24. The molecule has 0 spiro atoms. The summed E-state index contributed by atoms with van der Waals surface area (Å²) in [4.78, 5) is 22.9. The Balaban J connectivity index is 2.29. The van der Waals surface area contributed by atoms with E-state index >= 15 is 0 Å². The van der Waals surface area contributed by atoms with Crippen LogP contribution < -0.4 is 5.32 Å². The Bertz CT molecular complexity index is 797. The molecule has 0 aliphatic carbocycles. The van der Waals surface area contributed by atoms with E-state index in [1.165, 1.54) is 12.5 Å². The Morgan fingerprint density at radius 3 is 2.85 bits per heavy atom. The second-order valence-corrected chi connectivity index (χ2v) is 4.01. The number of para-hydroxylation sites is 2. The molecule has 0 aliphatic rings. The van der Waals surface area contributed by atoms with E-state index in [9.17, 15) is 10.1 Å². The molecule has 3 aromatic rings. The van der Waals surface area contributed by atoms with Gasteiger partial charge in [-0.15, -0.1) is 0 Å². The van der Waals surface area contributed by atoms with Crippen LogP contribution in [0.15, 0.2) is 36.8 Å². The fourth-order valence-corrected chi connectivity index (χ4v) is 1.92. The van der Waals surface area contributed by atoms with Crippen LogP contribution >= 0.6 is 0 Å². The van der Waals surface area contributed by atoms with E-state index in [4.69, 9.17) is 0 Å². The topological polar surface area (TPSA) is 98.8 Å². The summed E-state index contributed by atoms with van der Waals surface area (Å²) in [5.74, 6) is 0.492. The average molecular weight is 270 g/mol. The van der Waals surface area contributed by atoms with Gasteiger partial charge in [-0.2, -0.15) is 4.98 Å². The molecule has 0 radical (unpaired) electrons. The Hall–Kier alpha value is -3.03. The van der Waals surface area contributed by atoms with Crippen molar-refractivity contribution in [3.8, 4) is 5.82 Å². The molecule has 2 heterocycles. The predicted molar refractivity (Wildman–Crippen MR) is 72.9 cm³/mol. The van der Waals surface area contributed by atoms with Crippen LogP contribution in [-0.4, -0.2) is 31.5 Å². The van der Waals surface area contributed by atoms with Crippen LogP contribution in [0.1, 0.15) is 0 Å². The molecule has 0 saturated carbocycles. The summed E-state index contributed by atoms with van der Waals surface area (Å²) >= 11 is 0. The summed E-state index contributed by atoms with van der Waals surface area (Å²) in [6.45, 7) is 0. The van der Waals surface area contributed by atoms with Crippen LogP contribution in [0.4, 0.5) is 11.6 Å². The first-order chi connectivity index (χ1) is 9.70. The van der Waals surface area contributed by atoms with Gasteiger partial charge in [-0.3, -0.25) is 14.7 Å². The van der Waals surface area contributed by atoms with Crippen molar-refractivity contribution in [1.29, 1.82) is 0 Å². The third-order valence-corrected chi connectivity index (χ3v) is 2.85. The number of nitro groups is 1. The number of aromatic nitrogens is 4. The molecule has 3 rings (SSSR count). The molecule has 0 fully saturated rings. The van der Waals surface area contributed by atoms with Gasteiger partial charge in [0.25, 0.3) is 0 Å². The minimum atomic E-state index is -0.510. The first kappa shape index (κ1) is 12.0. The van der Waals surface area contributed by atoms with Crippen molar-refractivity contribution >= 4 is 22.7 Å². The van der Waals surface area contributed by atoms with Crippen LogP contribution in [0.2, 0.25) is 0 Å². The molecule has 1 N–H and O–H groups in total. The van der Waals surface area contributed by atoms with Crippen LogP contribution in [0.5, 0.6) is 0 Å². The van der Waals surface area contributed by atoms with Crippen LogP contribution in [-0.2, 0) is 0 Å². The number of rotatable bonds is 3. The smallest absolute Gasteiger partial charge is 0.330 e. The highest BCUT2D eigenvalue weighted by molar-refractivity contribution is 5.77. The van der Waals surface area contributed by atoms with E-state index in [1.54, 1.807) is 11.6 Å². The Morgan fingerprint density at radius 2 is 2.10 bits per heavy atom. The number of hydrogen-bond donors (Lipinski definition) is 1. The molecule has 8 heteroatoms. The standard InChI is InChI=1S/C12H10N6O2/c1-13-12-14-6-10(18(19)20)11(16-12)17-7-15-8-4-2-3-5-9(8)17/h2-7H,1H3,(H,13,14,16).